The summed E-state index contributed by atoms with van der Waals surface area (Å²) >= 11 is 1.49. The number of hydrogen-bond donors (Lipinski definition) is 1. The van der Waals surface area contributed by atoms with Crippen LogP contribution in [0.3, 0.4) is 0 Å². The largest absolute Gasteiger partial charge is 0.343 e. The molecule has 0 fully saturated rings. The van der Waals surface area contributed by atoms with Gasteiger partial charge in [-0.2, -0.15) is 9.47 Å². The zero-order chi connectivity index (χ0) is 12.5. The molecule has 0 saturated heterocycles. The summed E-state index contributed by atoms with van der Waals surface area (Å²) in [4.78, 5) is 0. The highest BCUT2D eigenvalue weighted by Gasteiger charge is 2.10. The van der Waals surface area contributed by atoms with Crippen LogP contribution >= 0.6 is 11.5 Å². The van der Waals surface area contributed by atoms with Crippen LogP contribution in [0.15, 0.2) is 30.5 Å². The Bertz CT molecular complexity index is 683. The summed E-state index contributed by atoms with van der Waals surface area (Å²) in [6.45, 7) is 2.11. The van der Waals surface area contributed by atoms with Gasteiger partial charge in [-0.3, -0.25) is 4.68 Å². The normalized spacial score (nSPS) is 11.0. The maximum Gasteiger partial charge on any atom is 0.121 e. The van der Waals surface area contributed by atoms with Crippen LogP contribution in [0.1, 0.15) is 12.6 Å². The maximum absolute atomic E-state index is 4.43. The molecule has 4 nitrogen and oxygen atoms in total. The highest BCUT2D eigenvalue weighted by atomic mass is 32.1. The van der Waals surface area contributed by atoms with Crippen molar-refractivity contribution < 1.29 is 0 Å². The lowest BCUT2D eigenvalue weighted by Gasteiger charge is -2.02. The highest BCUT2D eigenvalue weighted by molar-refractivity contribution is 7.11. The fraction of sp³-hybridized carbons (Fsp3) is 0.231. The molecule has 92 valence electrons. The van der Waals surface area contributed by atoms with Crippen LogP contribution in [0, 0.1) is 0 Å². The first-order chi connectivity index (χ1) is 8.78. The van der Waals surface area contributed by atoms with E-state index in [1.54, 1.807) is 0 Å². The second-order valence-electron chi connectivity index (χ2n) is 4.17. The second-order valence-corrected chi connectivity index (χ2v) is 4.94. The third-order valence-corrected chi connectivity index (χ3v) is 3.66. The Kier molecular flexibility index (Phi) is 2.76. The van der Waals surface area contributed by atoms with Crippen LogP contribution in [0.5, 0.6) is 0 Å². The number of nitrogens with one attached hydrogen (secondary N) is 1. The van der Waals surface area contributed by atoms with Gasteiger partial charge in [0.25, 0.3) is 0 Å². The zero-order valence-corrected chi connectivity index (χ0v) is 11.2. The van der Waals surface area contributed by atoms with E-state index in [-0.39, 0.29) is 0 Å². The first-order valence-electron chi connectivity index (χ1n) is 5.92. The molecule has 0 saturated carbocycles. The van der Waals surface area contributed by atoms with Crippen LogP contribution < -0.4 is 5.32 Å². The number of fused-ring (bicyclic) bond motifs is 1. The van der Waals surface area contributed by atoms with E-state index in [0.29, 0.717) is 0 Å². The average molecular weight is 258 g/mol. The molecular formula is C13H14N4S. The van der Waals surface area contributed by atoms with Crippen molar-refractivity contribution >= 4 is 33.1 Å². The number of rotatable bonds is 3. The number of aromatic nitrogens is 3. The van der Waals surface area contributed by atoms with Gasteiger partial charge in [-0.15, -0.1) is 0 Å². The van der Waals surface area contributed by atoms with Crippen molar-refractivity contribution in [2.45, 2.75) is 13.3 Å². The smallest absolute Gasteiger partial charge is 0.121 e. The highest BCUT2D eigenvalue weighted by Crippen LogP contribution is 2.31. The average Bonchev–Trinajstić information content (AvgIpc) is 2.94. The third kappa shape index (κ3) is 1.86. The van der Waals surface area contributed by atoms with Gasteiger partial charge in [0.15, 0.2) is 0 Å². The molecular weight excluding hydrogens is 244 g/mol. The summed E-state index contributed by atoms with van der Waals surface area (Å²) < 4.78 is 6.27. The van der Waals surface area contributed by atoms with Crippen molar-refractivity contribution in [2.24, 2.45) is 7.05 Å². The Morgan fingerprint density at radius 3 is 3.00 bits per heavy atom. The monoisotopic (exact) mass is 258 g/mol. The van der Waals surface area contributed by atoms with Gasteiger partial charge in [-0.1, -0.05) is 19.1 Å². The van der Waals surface area contributed by atoms with Gasteiger partial charge in [0.1, 0.15) is 5.00 Å². The van der Waals surface area contributed by atoms with E-state index in [9.17, 15) is 0 Å². The molecule has 0 radical (unpaired) electrons. The van der Waals surface area contributed by atoms with E-state index in [1.807, 2.05) is 36.1 Å². The standard InChI is InChI=1S/C13H14N4S/c1-3-10-12(8-17(2)15-10)14-13-9-6-4-5-7-11(9)16-18-13/h4-8,14H,3H2,1-2H3. The van der Waals surface area contributed by atoms with Crippen LogP contribution in [-0.4, -0.2) is 14.2 Å². The molecule has 18 heavy (non-hydrogen) atoms. The number of nitrogens with zero attached hydrogens (tertiary/aromatic N) is 3. The number of anilines is 2. The number of hydrogen-bond acceptors (Lipinski definition) is 4. The second kappa shape index (κ2) is 4.42. The molecule has 0 aliphatic heterocycles. The molecule has 0 aliphatic rings. The first kappa shape index (κ1) is 11.2. The fourth-order valence-corrected chi connectivity index (χ4v) is 2.78. The van der Waals surface area contributed by atoms with Crippen LogP contribution in [0.2, 0.25) is 0 Å². The lowest BCUT2D eigenvalue weighted by Crippen LogP contribution is -1.91. The van der Waals surface area contributed by atoms with Gasteiger partial charge < -0.3 is 5.32 Å². The molecule has 3 rings (SSSR count). The molecule has 3 aromatic rings. The van der Waals surface area contributed by atoms with E-state index in [0.717, 1.165) is 33.7 Å². The van der Waals surface area contributed by atoms with E-state index < -0.39 is 0 Å². The summed E-state index contributed by atoms with van der Waals surface area (Å²) in [7, 11) is 1.94. The Labute approximate surface area is 109 Å². The lowest BCUT2D eigenvalue weighted by atomic mass is 10.2. The summed E-state index contributed by atoms with van der Waals surface area (Å²) in [5.74, 6) is 0. The Morgan fingerprint density at radius 2 is 2.17 bits per heavy atom. The van der Waals surface area contributed by atoms with Crippen molar-refractivity contribution in [1.82, 2.24) is 14.2 Å². The van der Waals surface area contributed by atoms with Gasteiger partial charge in [0.05, 0.1) is 16.9 Å². The number of aryl methyl sites for hydroxylation is 2. The molecule has 0 atom stereocenters. The van der Waals surface area contributed by atoms with E-state index in [4.69, 9.17) is 0 Å². The lowest BCUT2D eigenvalue weighted by molar-refractivity contribution is 0.746. The molecule has 2 aromatic heterocycles. The van der Waals surface area contributed by atoms with Crippen molar-refractivity contribution in [3.63, 3.8) is 0 Å². The zero-order valence-electron chi connectivity index (χ0n) is 10.3. The summed E-state index contributed by atoms with van der Waals surface area (Å²) in [5, 5.41) is 10.1. The quantitative estimate of drug-likeness (QED) is 0.783. The SMILES string of the molecule is CCc1nn(C)cc1Nc1snc2ccccc12. The molecule has 0 unspecified atom stereocenters. The van der Waals surface area contributed by atoms with Crippen molar-refractivity contribution in [3.05, 3.63) is 36.2 Å². The van der Waals surface area contributed by atoms with Gasteiger partial charge >= 0.3 is 0 Å². The van der Waals surface area contributed by atoms with Crippen molar-refractivity contribution in [1.29, 1.82) is 0 Å². The Hall–Kier alpha value is -1.88. The van der Waals surface area contributed by atoms with Gasteiger partial charge in [0, 0.05) is 18.6 Å². The Morgan fingerprint density at radius 1 is 1.33 bits per heavy atom. The molecule has 1 N–H and O–H groups in total. The van der Waals surface area contributed by atoms with E-state index in [1.165, 1.54) is 11.5 Å². The molecule has 0 spiro atoms. The van der Waals surface area contributed by atoms with Gasteiger partial charge in [-0.25, -0.2) is 0 Å². The van der Waals surface area contributed by atoms with Gasteiger partial charge in [-0.05, 0) is 30.1 Å². The van der Waals surface area contributed by atoms with E-state index >= 15 is 0 Å². The van der Waals surface area contributed by atoms with Gasteiger partial charge in [0.2, 0.25) is 0 Å². The topological polar surface area (TPSA) is 42.7 Å². The summed E-state index contributed by atoms with van der Waals surface area (Å²) in [6.07, 6.45) is 2.92. The summed E-state index contributed by atoms with van der Waals surface area (Å²) in [6, 6.07) is 8.16. The predicted octanol–water partition coefficient (Wildman–Crippen LogP) is 3.34. The minimum absolute atomic E-state index is 0.917. The van der Waals surface area contributed by atoms with Crippen LogP contribution in [-0.2, 0) is 13.5 Å². The number of benzene rings is 1. The minimum atomic E-state index is 0.917. The maximum atomic E-state index is 4.43. The molecule has 1 aromatic carbocycles. The molecule has 0 aliphatic carbocycles. The van der Waals surface area contributed by atoms with Crippen LogP contribution in [0.4, 0.5) is 10.7 Å². The summed E-state index contributed by atoms with van der Waals surface area (Å²) in [5.41, 5.74) is 3.18. The van der Waals surface area contributed by atoms with E-state index in [2.05, 4.69) is 27.8 Å². The molecule has 5 heteroatoms. The van der Waals surface area contributed by atoms with Crippen molar-refractivity contribution in [3.8, 4) is 0 Å². The molecule has 0 bridgehead atoms. The minimum Gasteiger partial charge on any atom is -0.343 e. The first-order valence-corrected chi connectivity index (χ1v) is 6.69. The third-order valence-electron chi connectivity index (χ3n) is 2.87. The fourth-order valence-electron chi connectivity index (χ4n) is 2.00. The van der Waals surface area contributed by atoms with Crippen molar-refractivity contribution in [2.75, 3.05) is 5.32 Å². The van der Waals surface area contributed by atoms with Crippen LogP contribution in [0.25, 0.3) is 10.9 Å². The predicted molar refractivity (Wildman–Crippen MR) is 75.5 cm³/mol. The Balaban J connectivity index is 2.01. The molecule has 0 amide bonds. The molecule has 2 heterocycles.